The second-order valence-corrected chi connectivity index (χ2v) is 2.66. The van der Waals surface area contributed by atoms with Crippen molar-refractivity contribution >= 4 is 5.71 Å². The average molecular weight is 137 g/mol. The Balaban J connectivity index is 2.88. The van der Waals surface area contributed by atoms with E-state index >= 15 is 0 Å². The second-order valence-electron chi connectivity index (χ2n) is 2.66. The molecule has 1 aliphatic heterocycles. The van der Waals surface area contributed by atoms with Crippen molar-refractivity contribution in [3.05, 3.63) is 17.4 Å². The van der Waals surface area contributed by atoms with Gasteiger partial charge in [-0.3, -0.25) is 4.99 Å². The molecule has 0 fully saturated rings. The van der Waals surface area contributed by atoms with Gasteiger partial charge in [0, 0.05) is 11.4 Å². The molecule has 0 aromatic carbocycles. The van der Waals surface area contributed by atoms with Crippen molar-refractivity contribution in [1.29, 1.82) is 0 Å². The fourth-order valence-electron chi connectivity index (χ4n) is 0.881. The van der Waals surface area contributed by atoms with Crippen LogP contribution in [0.3, 0.4) is 0 Å². The largest absolute Gasteiger partial charge is 0.374 e. The van der Waals surface area contributed by atoms with E-state index in [-0.39, 0.29) is 0 Å². The lowest BCUT2D eigenvalue weighted by Gasteiger charge is -2.20. The standard InChI is InChI=1S/C8H13N2/c1-5-6(2)10-8(4)7(3)9-5/h9H,1-4H3. The zero-order valence-electron chi connectivity index (χ0n) is 6.95. The third-order valence-corrected chi connectivity index (χ3v) is 1.80. The normalized spacial score (nSPS) is 20.6. The van der Waals surface area contributed by atoms with Crippen molar-refractivity contribution in [2.75, 3.05) is 0 Å². The number of nitrogens with one attached hydrogen (secondary N) is 1. The van der Waals surface area contributed by atoms with Gasteiger partial charge in [0.1, 0.15) is 6.04 Å². The molecule has 2 nitrogen and oxygen atoms in total. The molecule has 1 rings (SSSR count). The summed E-state index contributed by atoms with van der Waals surface area (Å²) in [4.78, 5) is 4.34. The van der Waals surface area contributed by atoms with Gasteiger partial charge in [0.2, 0.25) is 0 Å². The van der Waals surface area contributed by atoms with E-state index in [2.05, 4.69) is 10.3 Å². The zero-order chi connectivity index (χ0) is 7.72. The predicted octanol–water partition coefficient (Wildman–Crippen LogP) is 1.85. The van der Waals surface area contributed by atoms with Crippen molar-refractivity contribution < 1.29 is 0 Å². The first kappa shape index (κ1) is 7.32. The highest BCUT2D eigenvalue weighted by atomic mass is 15.0. The van der Waals surface area contributed by atoms with Gasteiger partial charge in [-0.1, -0.05) is 0 Å². The molecule has 2 heteroatoms. The molecular weight excluding hydrogens is 124 g/mol. The number of hydrogen-bond donors (Lipinski definition) is 1. The summed E-state index contributed by atoms with van der Waals surface area (Å²) in [7, 11) is 0. The molecule has 0 aromatic heterocycles. The van der Waals surface area contributed by atoms with E-state index in [0.717, 1.165) is 23.1 Å². The minimum Gasteiger partial charge on any atom is -0.374 e. The Hall–Kier alpha value is -0.790. The first-order valence-electron chi connectivity index (χ1n) is 3.45. The van der Waals surface area contributed by atoms with Crippen LogP contribution >= 0.6 is 0 Å². The molecular formula is C8H13N2. The van der Waals surface area contributed by atoms with E-state index in [9.17, 15) is 0 Å². The molecule has 10 heavy (non-hydrogen) atoms. The van der Waals surface area contributed by atoms with Crippen LogP contribution in [0.4, 0.5) is 0 Å². The highest BCUT2D eigenvalue weighted by Gasteiger charge is 2.12. The fourth-order valence-corrected chi connectivity index (χ4v) is 0.881. The van der Waals surface area contributed by atoms with E-state index in [4.69, 9.17) is 0 Å². The van der Waals surface area contributed by atoms with Crippen LogP contribution in [0.2, 0.25) is 0 Å². The molecule has 1 heterocycles. The van der Waals surface area contributed by atoms with Crippen LogP contribution in [0.25, 0.3) is 0 Å². The van der Waals surface area contributed by atoms with E-state index < -0.39 is 0 Å². The smallest absolute Gasteiger partial charge is 0.101 e. The molecule has 0 bridgehead atoms. The summed E-state index contributed by atoms with van der Waals surface area (Å²) in [6, 6.07) is 1.16. The molecule has 0 unspecified atom stereocenters. The third kappa shape index (κ3) is 1.20. The van der Waals surface area contributed by atoms with Gasteiger partial charge in [0.15, 0.2) is 0 Å². The van der Waals surface area contributed by atoms with Crippen molar-refractivity contribution in [1.82, 2.24) is 5.32 Å². The summed E-state index contributed by atoms with van der Waals surface area (Å²) in [5.74, 6) is 0. The minimum absolute atomic E-state index is 1.09. The van der Waals surface area contributed by atoms with E-state index in [1.54, 1.807) is 0 Å². The highest BCUT2D eigenvalue weighted by Crippen LogP contribution is 2.13. The lowest BCUT2D eigenvalue weighted by Crippen LogP contribution is -2.26. The van der Waals surface area contributed by atoms with Crippen LogP contribution in [0.1, 0.15) is 27.7 Å². The van der Waals surface area contributed by atoms with Crippen LogP contribution in [-0.2, 0) is 0 Å². The number of allylic oxidation sites excluding steroid dienone is 2. The predicted molar refractivity (Wildman–Crippen MR) is 43.5 cm³/mol. The van der Waals surface area contributed by atoms with Crippen LogP contribution < -0.4 is 5.32 Å². The molecule has 0 aliphatic carbocycles. The molecule has 55 valence electrons. The van der Waals surface area contributed by atoms with Gasteiger partial charge in [-0.25, -0.2) is 0 Å². The van der Waals surface area contributed by atoms with Gasteiger partial charge in [0.05, 0.1) is 5.70 Å². The minimum atomic E-state index is 1.09. The molecule has 0 aromatic rings. The Morgan fingerprint density at radius 2 is 1.70 bits per heavy atom. The number of rotatable bonds is 0. The van der Waals surface area contributed by atoms with Crippen LogP contribution in [0.15, 0.2) is 16.4 Å². The Bertz CT molecular complexity index is 201. The number of hydrogen-bond acceptors (Lipinski definition) is 2. The van der Waals surface area contributed by atoms with Crippen molar-refractivity contribution in [2.24, 2.45) is 4.99 Å². The Morgan fingerprint density at radius 1 is 1.10 bits per heavy atom. The maximum absolute atomic E-state index is 4.34. The Labute approximate surface area is 62.0 Å². The quantitative estimate of drug-likeness (QED) is 0.541. The molecule has 0 amide bonds. The zero-order valence-corrected chi connectivity index (χ0v) is 6.95. The maximum atomic E-state index is 4.34. The molecule has 1 radical (unpaired) electrons. The Morgan fingerprint density at radius 3 is 2.20 bits per heavy atom. The lowest BCUT2D eigenvalue weighted by molar-refractivity contribution is 0.847. The summed E-state index contributed by atoms with van der Waals surface area (Å²) in [6.07, 6.45) is 0. The molecule has 1 N–H and O–H groups in total. The SMILES string of the molecule is C[C]1NC(C)=C(C)N=C1C. The summed E-state index contributed by atoms with van der Waals surface area (Å²) < 4.78 is 0. The van der Waals surface area contributed by atoms with Gasteiger partial charge in [-0.05, 0) is 27.7 Å². The Kier molecular flexibility index (Phi) is 1.79. The van der Waals surface area contributed by atoms with Gasteiger partial charge >= 0.3 is 0 Å². The van der Waals surface area contributed by atoms with Crippen molar-refractivity contribution in [3.8, 4) is 0 Å². The molecule has 1 aliphatic rings. The first-order chi connectivity index (χ1) is 4.61. The van der Waals surface area contributed by atoms with Crippen LogP contribution in [0, 0.1) is 6.04 Å². The van der Waals surface area contributed by atoms with Crippen molar-refractivity contribution in [2.45, 2.75) is 27.7 Å². The lowest BCUT2D eigenvalue weighted by atomic mass is 10.1. The summed E-state index contributed by atoms with van der Waals surface area (Å²) in [6.45, 7) is 8.10. The molecule has 0 spiro atoms. The molecule has 0 saturated heterocycles. The van der Waals surface area contributed by atoms with E-state index in [1.165, 1.54) is 0 Å². The summed E-state index contributed by atoms with van der Waals surface area (Å²) in [5.41, 5.74) is 3.33. The summed E-state index contributed by atoms with van der Waals surface area (Å²) >= 11 is 0. The third-order valence-electron chi connectivity index (χ3n) is 1.80. The van der Waals surface area contributed by atoms with Gasteiger partial charge in [-0.2, -0.15) is 0 Å². The average Bonchev–Trinajstić information content (AvgIpc) is 1.84. The van der Waals surface area contributed by atoms with E-state index in [0.29, 0.717) is 0 Å². The van der Waals surface area contributed by atoms with Crippen LogP contribution in [0.5, 0.6) is 0 Å². The fraction of sp³-hybridized carbons (Fsp3) is 0.500. The van der Waals surface area contributed by atoms with Gasteiger partial charge in [-0.15, -0.1) is 0 Å². The second kappa shape index (κ2) is 2.45. The van der Waals surface area contributed by atoms with Gasteiger partial charge < -0.3 is 5.32 Å². The maximum Gasteiger partial charge on any atom is 0.101 e. The molecule has 0 atom stereocenters. The van der Waals surface area contributed by atoms with E-state index in [1.807, 2.05) is 27.7 Å². The molecule has 0 saturated carbocycles. The van der Waals surface area contributed by atoms with Crippen molar-refractivity contribution in [3.63, 3.8) is 0 Å². The monoisotopic (exact) mass is 137 g/mol. The first-order valence-corrected chi connectivity index (χ1v) is 3.45. The summed E-state index contributed by atoms with van der Waals surface area (Å²) in [5, 5.41) is 3.24. The number of nitrogens with zero attached hydrogens (tertiary/aromatic N) is 1. The topological polar surface area (TPSA) is 24.4 Å². The highest BCUT2D eigenvalue weighted by molar-refractivity contribution is 5.95. The number of aliphatic imine (C=N–C) groups is 1. The van der Waals surface area contributed by atoms with Crippen LogP contribution in [-0.4, -0.2) is 5.71 Å². The van der Waals surface area contributed by atoms with Gasteiger partial charge in [0.25, 0.3) is 0 Å².